The lowest BCUT2D eigenvalue weighted by molar-refractivity contribution is 0.0730. The van der Waals surface area contributed by atoms with Crippen molar-refractivity contribution < 1.29 is 13.2 Å². The van der Waals surface area contributed by atoms with E-state index in [-0.39, 0.29) is 10.6 Å². The van der Waals surface area contributed by atoms with E-state index in [2.05, 4.69) is 5.10 Å². The molecule has 1 aliphatic rings. The van der Waals surface area contributed by atoms with Crippen molar-refractivity contribution in [2.24, 2.45) is 0 Å². The van der Waals surface area contributed by atoms with E-state index < -0.39 is 10.0 Å². The zero-order chi connectivity index (χ0) is 15.7. The molecule has 120 valence electrons. The van der Waals surface area contributed by atoms with Gasteiger partial charge < -0.3 is 4.74 Å². The van der Waals surface area contributed by atoms with Crippen LogP contribution in [0, 0.1) is 0 Å². The maximum atomic E-state index is 12.6. The van der Waals surface area contributed by atoms with Gasteiger partial charge in [0.2, 0.25) is 10.0 Å². The van der Waals surface area contributed by atoms with Gasteiger partial charge in [0.05, 0.1) is 18.1 Å². The maximum absolute atomic E-state index is 12.6. The Bertz CT molecular complexity index is 833. The molecule has 2 aromatic rings. The molecular formula is C13H18N4O4S. The van der Waals surface area contributed by atoms with Gasteiger partial charge in [-0.3, -0.25) is 0 Å². The van der Waals surface area contributed by atoms with Crippen molar-refractivity contribution in [1.29, 1.82) is 0 Å². The van der Waals surface area contributed by atoms with E-state index in [4.69, 9.17) is 4.74 Å². The minimum atomic E-state index is -3.62. The maximum Gasteiger partial charge on any atom is 0.350 e. The molecule has 0 aromatic carbocycles. The number of rotatable bonds is 4. The fraction of sp³-hybridized carbons (Fsp3) is 0.538. The monoisotopic (exact) mass is 326 g/mol. The molecule has 0 bridgehead atoms. The van der Waals surface area contributed by atoms with Crippen LogP contribution in [-0.4, -0.2) is 53.2 Å². The highest BCUT2D eigenvalue weighted by Crippen LogP contribution is 2.17. The van der Waals surface area contributed by atoms with E-state index in [0.29, 0.717) is 38.5 Å². The summed E-state index contributed by atoms with van der Waals surface area (Å²) in [6.07, 6.45) is 2.13. The van der Waals surface area contributed by atoms with Crippen LogP contribution in [-0.2, 0) is 21.3 Å². The molecule has 3 heterocycles. The predicted octanol–water partition coefficient (Wildman–Crippen LogP) is -0.0731. The Balaban J connectivity index is 2.04. The zero-order valence-corrected chi connectivity index (χ0v) is 13.1. The lowest BCUT2D eigenvalue weighted by Gasteiger charge is -2.25. The Morgan fingerprint density at radius 1 is 1.27 bits per heavy atom. The summed E-state index contributed by atoms with van der Waals surface area (Å²) in [6, 6.07) is 3.05. The summed E-state index contributed by atoms with van der Waals surface area (Å²) in [5.41, 5.74) is 0.121. The largest absolute Gasteiger partial charge is 0.379 e. The van der Waals surface area contributed by atoms with Crippen LogP contribution in [0.5, 0.6) is 0 Å². The van der Waals surface area contributed by atoms with Gasteiger partial charge in [-0.05, 0) is 18.6 Å². The fourth-order valence-electron chi connectivity index (χ4n) is 2.44. The Hall–Kier alpha value is -1.71. The number of nitrogens with zero attached hydrogens (tertiary/aromatic N) is 4. The normalized spacial score (nSPS) is 17.1. The molecular weight excluding hydrogens is 308 g/mol. The first-order chi connectivity index (χ1) is 10.5. The average molecular weight is 326 g/mol. The number of sulfonamides is 1. The first-order valence-corrected chi connectivity index (χ1v) is 8.65. The molecule has 2 aromatic heterocycles. The first kappa shape index (κ1) is 15.2. The Morgan fingerprint density at radius 3 is 2.68 bits per heavy atom. The minimum Gasteiger partial charge on any atom is -0.379 e. The number of aryl methyl sites for hydroxylation is 1. The second-order valence-corrected chi connectivity index (χ2v) is 7.05. The van der Waals surface area contributed by atoms with Gasteiger partial charge in [0.25, 0.3) is 0 Å². The second-order valence-electron chi connectivity index (χ2n) is 5.12. The van der Waals surface area contributed by atoms with E-state index in [9.17, 15) is 13.2 Å². The molecule has 1 fully saturated rings. The van der Waals surface area contributed by atoms with Gasteiger partial charge in [0.1, 0.15) is 0 Å². The summed E-state index contributed by atoms with van der Waals surface area (Å²) in [7, 11) is -3.62. The minimum absolute atomic E-state index is 0.0973. The van der Waals surface area contributed by atoms with Crippen LogP contribution in [0.1, 0.15) is 13.3 Å². The van der Waals surface area contributed by atoms with E-state index >= 15 is 0 Å². The number of pyridine rings is 1. The van der Waals surface area contributed by atoms with Crippen LogP contribution in [0.2, 0.25) is 0 Å². The quantitative estimate of drug-likeness (QED) is 0.785. The van der Waals surface area contributed by atoms with Crippen molar-refractivity contribution in [2.45, 2.75) is 24.8 Å². The van der Waals surface area contributed by atoms with E-state index in [0.717, 1.165) is 6.42 Å². The summed E-state index contributed by atoms with van der Waals surface area (Å²) in [6.45, 7) is 3.87. The summed E-state index contributed by atoms with van der Waals surface area (Å²) in [5.74, 6) is 0. The van der Waals surface area contributed by atoms with E-state index in [1.807, 2.05) is 6.92 Å². The molecule has 1 saturated heterocycles. The average Bonchev–Trinajstić information content (AvgIpc) is 2.84. The van der Waals surface area contributed by atoms with E-state index in [1.54, 1.807) is 6.07 Å². The zero-order valence-electron chi connectivity index (χ0n) is 12.3. The van der Waals surface area contributed by atoms with Gasteiger partial charge in [-0.25, -0.2) is 22.3 Å². The van der Waals surface area contributed by atoms with E-state index in [1.165, 1.54) is 25.7 Å². The van der Waals surface area contributed by atoms with Crippen molar-refractivity contribution in [1.82, 2.24) is 18.5 Å². The number of aromatic nitrogens is 3. The fourth-order valence-corrected chi connectivity index (χ4v) is 3.85. The summed E-state index contributed by atoms with van der Waals surface area (Å²) in [4.78, 5) is 12.3. The lowest BCUT2D eigenvalue weighted by atomic mass is 10.5. The third kappa shape index (κ3) is 2.55. The third-order valence-electron chi connectivity index (χ3n) is 3.59. The molecule has 0 aliphatic carbocycles. The van der Waals surface area contributed by atoms with Gasteiger partial charge in [-0.2, -0.15) is 4.31 Å². The molecule has 0 atom stereocenters. The van der Waals surface area contributed by atoms with Gasteiger partial charge >= 0.3 is 5.69 Å². The lowest BCUT2D eigenvalue weighted by Crippen LogP contribution is -2.40. The molecule has 0 radical (unpaired) electrons. The molecule has 0 amide bonds. The van der Waals surface area contributed by atoms with Crippen LogP contribution >= 0.6 is 0 Å². The van der Waals surface area contributed by atoms with Gasteiger partial charge in [-0.1, -0.05) is 6.92 Å². The van der Waals surface area contributed by atoms with Crippen molar-refractivity contribution in [2.75, 3.05) is 26.3 Å². The number of fused-ring (bicyclic) bond motifs is 1. The Labute approximate surface area is 128 Å². The number of morpholine rings is 1. The molecule has 3 rings (SSSR count). The van der Waals surface area contributed by atoms with Gasteiger partial charge in [-0.15, -0.1) is 5.10 Å². The van der Waals surface area contributed by atoms with Crippen molar-refractivity contribution in [3.8, 4) is 0 Å². The standard InChI is InChI=1S/C13H18N4O4S/c1-2-5-17-13(18)16-10-11(3-4-12(16)14-17)22(19,20)15-6-8-21-9-7-15/h3-4,10H,2,5-9H2,1H3. The van der Waals surface area contributed by atoms with Crippen LogP contribution in [0.4, 0.5) is 0 Å². The van der Waals surface area contributed by atoms with Crippen molar-refractivity contribution in [3.63, 3.8) is 0 Å². The Kier molecular flexibility index (Phi) is 4.02. The highest BCUT2D eigenvalue weighted by molar-refractivity contribution is 7.89. The smallest absolute Gasteiger partial charge is 0.350 e. The van der Waals surface area contributed by atoms with Crippen LogP contribution in [0.25, 0.3) is 5.65 Å². The highest BCUT2D eigenvalue weighted by atomic mass is 32.2. The Morgan fingerprint density at radius 2 is 2.00 bits per heavy atom. The third-order valence-corrected chi connectivity index (χ3v) is 5.48. The van der Waals surface area contributed by atoms with Crippen LogP contribution in [0.3, 0.4) is 0 Å². The molecule has 8 nitrogen and oxygen atoms in total. The molecule has 0 unspecified atom stereocenters. The summed E-state index contributed by atoms with van der Waals surface area (Å²) < 4.78 is 34.4. The number of hydrogen-bond acceptors (Lipinski definition) is 5. The van der Waals surface area contributed by atoms with Crippen LogP contribution < -0.4 is 5.69 Å². The molecule has 0 saturated carbocycles. The number of ether oxygens (including phenoxy) is 1. The molecule has 9 heteroatoms. The van der Waals surface area contributed by atoms with Crippen molar-refractivity contribution in [3.05, 3.63) is 28.8 Å². The van der Waals surface area contributed by atoms with Gasteiger partial charge in [0, 0.05) is 25.8 Å². The van der Waals surface area contributed by atoms with Crippen LogP contribution in [0.15, 0.2) is 28.0 Å². The molecule has 0 spiro atoms. The molecule has 0 N–H and O–H groups in total. The SMILES string of the molecule is CCCn1nc2ccc(S(=O)(=O)N3CCOCC3)cn2c1=O. The highest BCUT2D eigenvalue weighted by Gasteiger charge is 2.27. The van der Waals surface area contributed by atoms with Gasteiger partial charge in [0.15, 0.2) is 5.65 Å². The van der Waals surface area contributed by atoms with Crippen molar-refractivity contribution >= 4 is 15.7 Å². The molecule has 1 aliphatic heterocycles. The molecule has 22 heavy (non-hydrogen) atoms. The summed E-state index contributed by atoms with van der Waals surface area (Å²) >= 11 is 0. The topological polar surface area (TPSA) is 85.9 Å². The first-order valence-electron chi connectivity index (χ1n) is 7.21. The predicted molar refractivity (Wildman–Crippen MR) is 79.3 cm³/mol. The second kappa shape index (κ2) is 5.82. The number of hydrogen-bond donors (Lipinski definition) is 0. The summed E-state index contributed by atoms with van der Waals surface area (Å²) in [5, 5.41) is 4.18.